The monoisotopic (exact) mass is 144 g/mol. The summed E-state index contributed by atoms with van der Waals surface area (Å²) in [6, 6.07) is 0. The van der Waals surface area contributed by atoms with Gasteiger partial charge in [0.2, 0.25) is 0 Å². The van der Waals surface area contributed by atoms with Crippen molar-refractivity contribution in [3.05, 3.63) is 12.7 Å². The third kappa shape index (κ3) is 6.80. The maximum atomic E-state index is 5.65. The van der Waals surface area contributed by atoms with E-state index in [2.05, 4.69) is 13.5 Å². The Hall–Kier alpha value is 0.796. The van der Waals surface area contributed by atoms with Gasteiger partial charge in [-0.2, -0.15) is 0 Å². The number of allylic oxidation sites excluding steroid dienone is 1. The van der Waals surface area contributed by atoms with E-state index in [-0.39, 0.29) is 31.3 Å². The predicted octanol–water partition coefficient (Wildman–Crippen LogP) is 2.42. The molecule has 0 N–H and O–H groups in total. The van der Waals surface area contributed by atoms with E-state index < -0.39 is 0 Å². The third-order valence-electron chi connectivity index (χ3n) is 0.820. The summed E-state index contributed by atoms with van der Waals surface area (Å²) in [7, 11) is 0. The molecule has 8 heavy (non-hydrogen) atoms. The molecule has 1 unspecified atom stereocenters. The molecule has 0 nitrogen and oxygen atoms in total. The molecule has 0 saturated carbocycles. The first-order chi connectivity index (χ1) is 3.31. The molecule has 0 aromatic rings. The molecule has 1 atom stereocenters. The van der Waals surface area contributed by atoms with Gasteiger partial charge in [-0.3, -0.25) is 0 Å². The van der Waals surface area contributed by atoms with Gasteiger partial charge in [0.15, 0.2) is 0 Å². The second kappa shape index (κ2) is 7.80. The predicted molar refractivity (Wildman–Crippen MR) is 42.7 cm³/mol. The van der Waals surface area contributed by atoms with Crippen molar-refractivity contribution >= 4 is 34.7 Å². The summed E-state index contributed by atoms with van der Waals surface area (Å²) < 4.78 is 0. The largest absolute Gasteiger partial charge is 2.00 e. The summed E-state index contributed by atoms with van der Waals surface area (Å²) in [5.41, 5.74) is 0. The molecule has 0 aliphatic heterocycles. The zero-order valence-corrected chi connectivity index (χ0v) is 7.53. The molecular formula is C6H13ClMg. The van der Waals surface area contributed by atoms with E-state index in [1.165, 1.54) is 0 Å². The van der Waals surface area contributed by atoms with Crippen LogP contribution in [0.5, 0.6) is 0 Å². The molecule has 0 aromatic heterocycles. The Morgan fingerprint density at radius 1 is 1.88 bits per heavy atom. The summed E-state index contributed by atoms with van der Waals surface area (Å²) in [4.78, 5) is 0. The van der Waals surface area contributed by atoms with Crippen molar-refractivity contribution in [3.8, 4) is 0 Å². The molecule has 0 bridgehead atoms. The molecule has 0 spiro atoms. The Balaban J connectivity index is -0.0000000600. The molecular weight excluding hydrogens is 132 g/mol. The van der Waals surface area contributed by atoms with E-state index in [9.17, 15) is 0 Å². The maximum absolute atomic E-state index is 5.65. The van der Waals surface area contributed by atoms with E-state index in [0.717, 1.165) is 12.8 Å². The van der Waals surface area contributed by atoms with Crippen LogP contribution in [0.2, 0.25) is 0 Å². The van der Waals surface area contributed by atoms with E-state index in [1.54, 1.807) is 6.08 Å². The Kier molecular flexibility index (Phi) is 11.3. The molecule has 46 valence electrons. The quantitative estimate of drug-likeness (QED) is 0.325. The number of hydrogen-bond donors (Lipinski definition) is 0. The molecule has 0 saturated heterocycles. The summed E-state index contributed by atoms with van der Waals surface area (Å²) in [5.74, 6) is 0. The molecule has 0 radical (unpaired) electrons. The standard InChI is InChI=1S/C6H11Cl.Mg.2H/c1-3-5-6(7)4-2;;;/h4,6H,2-3,5H2,1H3;;;/q;+2;2*-1. The molecule has 2 heteroatoms. The number of hydrogen-bond acceptors (Lipinski definition) is 0. The molecule has 0 fully saturated rings. The molecule has 0 heterocycles. The van der Waals surface area contributed by atoms with Crippen molar-refractivity contribution in [2.45, 2.75) is 25.1 Å². The van der Waals surface area contributed by atoms with Gasteiger partial charge in [0.05, 0.1) is 5.38 Å². The normalized spacial score (nSPS) is 11.8. The van der Waals surface area contributed by atoms with Crippen LogP contribution in [-0.4, -0.2) is 28.4 Å². The van der Waals surface area contributed by atoms with Gasteiger partial charge in [-0.05, 0) is 6.42 Å². The van der Waals surface area contributed by atoms with Crippen molar-refractivity contribution in [2.24, 2.45) is 0 Å². The Labute approximate surface area is 75.4 Å². The minimum absolute atomic E-state index is 0. The van der Waals surface area contributed by atoms with Gasteiger partial charge >= 0.3 is 23.1 Å². The third-order valence-corrected chi connectivity index (χ3v) is 1.22. The summed E-state index contributed by atoms with van der Waals surface area (Å²) in [6.07, 6.45) is 3.95. The minimum Gasteiger partial charge on any atom is -1.00 e. The van der Waals surface area contributed by atoms with Crippen LogP contribution in [0.4, 0.5) is 0 Å². The average molecular weight is 145 g/mol. The summed E-state index contributed by atoms with van der Waals surface area (Å²) in [6.45, 7) is 5.66. The van der Waals surface area contributed by atoms with Crippen LogP contribution >= 0.6 is 11.6 Å². The van der Waals surface area contributed by atoms with Crippen LogP contribution in [-0.2, 0) is 0 Å². The van der Waals surface area contributed by atoms with Crippen LogP contribution in [0.25, 0.3) is 0 Å². The fraction of sp³-hybridized carbons (Fsp3) is 0.667. The molecule has 0 rings (SSSR count). The Morgan fingerprint density at radius 2 is 2.38 bits per heavy atom. The number of alkyl halides is 1. The average Bonchev–Trinajstić information content (AvgIpc) is 1.68. The maximum Gasteiger partial charge on any atom is 2.00 e. The zero-order valence-electron chi connectivity index (χ0n) is 7.36. The van der Waals surface area contributed by atoms with Crippen molar-refractivity contribution in [1.82, 2.24) is 0 Å². The fourth-order valence-electron chi connectivity index (χ4n) is 0.394. The van der Waals surface area contributed by atoms with E-state index in [1.807, 2.05) is 0 Å². The molecule has 0 amide bonds. The second-order valence-corrected chi connectivity index (χ2v) is 2.10. The minimum atomic E-state index is 0. The van der Waals surface area contributed by atoms with Crippen LogP contribution in [0.15, 0.2) is 12.7 Å². The van der Waals surface area contributed by atoms with E-state index in [0.29, 0.717) is 0 Å². The van der Waals surface area contributed by atoms with Crippen LogP contribution in [0, 0.1) is 0 Å². The smallest absolute Gasteiger partial charge is 1.00 e. The van der Waals surface area contributed by atoms with Crippen molar-refractivity contribution in [2.75, 3.05) is 0 Å². The first kappa shape index (κ1) is 11.6. The zero-order chi connectivity index (χ0) is 5.70. The number of halogens is 1. The van der Waals surface area contributed by atoms with Crippen LogP contribution < -0.4 is 0 Å². The van der Waals surface area contributed by atoms with Gasteiger partial charge < -0.3 is 2.85 Å². The van der Waals surface area contributed by atoms with E-state index in [4.69, 9.17) is 11.6 Å². The topological polar surface area (TPSA) is 0 Å². The first-order valence-corrected chi connectivity index (χ1v) is 3.01. The Morgan fingerprint density at radius 3 is 2.50 bits per heavy atom. The van der Waals surface area contributed by atoms with Crippen LogP contribution in [0.1, 0.15) is 22.6 Å². The van der Waals surface area contributed by atoms with Gasteiger partial charge in [0.1, 0.15) is 0 Å². The van der Waals surface area contributed by atoms with Crippen LogP contribution in [0.3, 0.4) is 0 Å². The molecule has 0 aliphatic rings. The second-order valence-electron chi connectivity index (χ2n) is 1.54. The van der Waals surface area contributed by atoms with Crippen molar-refractivity contribution in [1.29, 1.82) is 0 Å². The van der Waals surface area contributed by atoms with Gasteiger partial charge in [0, 0.05) is 0 Å². The molecule has 0 aliphatic carbocycles. The van der Waals surface area contributed by atoms with Crippen molar-refractivity contribution < 1.29 is 2.85 Å². The summed E-state index contributed by atoms with van der Waals surface area (Å²) in [5, 5.41) is 0.185. The fourth-order valence-corrected chi connectivity index (χ4v) is 0.612. The Bertz CT molecular complexity index is 61.7. The van der Waals surface area contributed by atoms with Gasteiger partial charge in [-0.15, -0.1) is 18.2 Å². The SMILES string of the molecule is C=CC(Cl)CCC.[H-].[H-].[Mg+2]. The molecule has 0 aromatic carbocycles. The summed E-state index contributed by atoms with van der Waals surface area (Å²) >= 11 is 5.65. The van der Waals surface area contributed by atoms with Gasteiger partial charge in [-0.1, -0.05) is 19.4 Å². The first-order valence-electron chi connectivity index (χ1n) is 2.58. The van der Waals surface area contributed by atoms with Crippen molar-refractivity contribution in [3.63, 3.8) is 0 Å². The van der Waals surface area contributed by atoms with Gasteiger partial charge in [0.25, 0.3) is 0 Å². The van der Waals surface area contributed by atoms with E-state index >= 15 is 0 Å². The van der Waals surface area contributed by atoms with Gasteiger partial charge in [-0.25, -0.2) is 0 Å². The number of rotatable bonds is 3.